The Morgan fingerprint density at radius 1 is 0.788 bits per heavy atom. The molecule has 5 nitrogen and oxygen atoms in total. The molecular weight excluding hydrogens is 467 g/mol. The maximum absolute atomic E-state index is 5.03. The van der Waals surface area contributed by atoms with Crippen molar-refractivity contribution in [1.29, 1.82) is 0 Å². The number of benzene rings is 3. The molecule has 0 aliphatic carbocycles. The predicted octanol–water partition coefficient (Wildman–Crippen LogP) is 6.78. The fourth-order valence-electron chi connectivity index (χ4n) is 3.10. The van der Waals surface area contributed by atoms with Gasteiger partial charge in [-0.05, 0) is 29.9 Å². The number of rotatable bonds is 2. The smallest absolute Gasteiger partial charge is 0.159 e. The highest BCUT2D eigenvalue weighted by atomic mass is 32.1. The molecule has 33 heavy (non-hydrogen) atoms. The molecule has 1 aliphatic rings. The average Bonchev–Trinajstić information content (AvgIpc) is 3.62. The predicted molar refractivity (Wildman–Crippen MR) is 144 cm³/mol. The van der Waals surface area contributed by atoms with E-state index in [1.54, 1.807) is 17.5 Å². The molecule has 0 unspecified atom stereocenters. The summed E-state index contributed by atoms with van der Waals surface area (Å²) in [5.41, 5.74) is 5.45. The van der Waals surface area contributed by atoms with Crippen LogP contribution in [-0.4, -0.2) is 25.4 Å². The van der Waals surface area contributed by atoms with Crippen molar-refractivity contribution in [3.63, 3.8) is 0 Å². The van der Waals surface area contributed by atoms with Crippen LogP contribution < -0.4 is 5.32 Å². The van der Waals surface area contributed by atoms with E-state index in [0.29, 0.717) is 0 Å². The summed E-state index contributed by atoms with van der Waals surface area (Å²) in [4.78, 5) is 4.00. The fraction of sp³-hybridized carbons (Fsp3) is 0.0400. The van der Waals surface area contributed by atoms with E-state index in [4.69, 9.17) is 24.4 Å². The highest BCUT2D eigenvalue weighted by molar-refractivity contribution is 7.80. The van der Waals surface area contributed by atoms with Gasteiger partial charge in [0.15, 0.2) is 3.95 Å². The molecule has 0 saturated heterocycles. The first-order valence-corrected chi connectivity index (χ1v) is 11.9. The molecule has 164 valence electrons. The average molecular weight is 488 g/mol. The molecule has 0 fully saturated rings. The fourth-order valence-corrected chi connectivity index (χ4v) is 4.41. The molecule has 8 heteroatoms. The number of aromatic nitrogens is 4. The van der Waals surface area contributed by atoms with Gasteiger partial charge in [-0.1, -0.05) is 91.1 Å². The summed E-state index contributed by atoms with van der Waals surface area (Å²) in [6.45, 7) is 0. The number of para-hydroxylation sites is 1. The molecule has 2 aromatic heterocycles. The second kappa shape index (κ2) is 11.4. The van der Waals surface area contributed by atoms with Gasteiger partial charge in [-0.2, -0.15) is 15.4 Å². The number of hydrogen-bond acceptors (Lipinski definition) is 5. The molecule has 0 saturated carbocycles. The molecule has 6 rings (SSSR count). The Balaban J connectivity index is 0.000000118. The molecule has 0 spiro atoms. The van der Waals surface area contributed by atoms with Crippen molar-refractivity contribution >= 4 is 56.7 Å². The number of nitrogens with zero attached hydrogens (tertiary/aromatic N) is 2. The third-order valence-electron chi connectivity index (χ3n) is 4.66. The lowest BCUT2D eigenvalue weighted by molar-refractivity contribution is 0.942. The summed E-state index contributed by atoms with van der Waals surface area (Å²) in [5.74, 6) is 0. The Labute approximate surface area is 206 Å². The van der Waals surface area contributed by atoms with Crippen LogP contribution in [0.15, 0.2) is 97.2 Å². The van der Waals surface area contributed by atoms with Gasteiger partial charge < -0.3 is 10.3 Å². The minimum absolute atomic E-state index is 0.848. The van der Waals surface area contributed by atoms with Gasteiger partial charge in [0, 0.05) is 17.7 Å². The molecule has 3 N–H and O–H groups in total. The Morgan fingerprint density at radius 3 is 2.06 bits per heavy atom. The zero-order valence-electron chi connectivity index (χ0n) is 17.6. The first-order valence-electron chi connectivity index (χ1n) is 10.2. The summed E-state index contributed by atoms with van der Waals surface area (Å²) >= 11 is 11.6. The molecule has 5 aromatic rings. The van der Waals surface area contributed by atoms with Crippen LogP contribution in [0.1, 0.15) is 12.0 Å². The Bertz CT molecular complexity index is 1350. The van der Waals surface area contributed by atoms with Crippen LogP contribution in [0, 0.1) is 3.95 Å². The van der Waals surface area contributed by atoms with Crippen molar-refractivity contribution in [3.8, 4) is 11.3 Å². The van der Waals surface area contributed by atoms with E-state index >= 15 is 0 Å². The minimum atomic E-state index is 0.848. The Morgan fingerprint density at radius 2 is 1.45 bits per heavy atom. The van der Waals surface area contributed by atoms with Crippen LogP contribution in [0.2, 0.25) is 0 Å². The van der Waals surface area contributed by atoms with E-state index in [-0.39, 0.29) is 0 Å². The number of aromatic amines is 2. The van der Waals surface area contributed by atoms with Crippen molar-refractivity contribution < 1.29 is 0 Å². The van der Waals surface area contributed by atoms with Crippen LogP contribution in [0.5, 0.6) is 0 Å². The number of hydrogen-bond donors (Lipinski definition) is 3. The SMILES string of the molecule is S=C1CC=C(c2ccccc2)N1.S=c1[nH]c2ccccc2s1.c1ccc(-c2cn[nH]n2)cc1. The molecule has 0 radical (unpaired) electrons. The molecule has 3 aromatic carbocycles. The minimum Gasteiger partial charge on any atom is -0.350 e. The monoisotopic (exact) mass is 487 g/mol. The van der Waals surface area contributed by atoms with E-state index in [2.05, 4.69) is 50.0 Å². The molecule has 3 heterocycles. The van der Waals surface area contributed by atoms with Crippen LogP contribution in [0.25, 0.3) is 27.2 Å². The largest absolute Gasteiger partial charge is 0.350 e. The zero-order chi connectivity index (χ0) is 22.9. The number of nitrogens with one attached hydrogen (secondary N) is 3. The summed E-state index contributed by atoms with van der Waals surface area (Å²) in [7, 11) is 0. The van der Waals surface area contributed by atoms with E-state index in [9.17, 15) is 0 Å². The van der Waals surface area contributed by atoms with Crippen molar-refractivity contribution in [2.24, 2.45) is 0 Å². The van der Waals surface area contributed by atoms with E-state index < -0.39 is 0 Å². The Kier molecular flexibility index (Phi) is 7.86. The van der Waals surface area contributed by atoms with Crippen LogP contribution in [-0.2, 0) is 0 Å². The number of H-pyrrole nitrogens is 2. The van der Waals surface area contributed by atoms with Crippen molar-refractivity contribution in [1.82, 2.24) is 25.7 Å². The molecular formula is C25H21N5S3. The van der Waals surface area contributed by atoms with Gasteiger partial charge in [-0.15, -0.1) is 11.3 Å². The normalized spacial score (nSPS) is 12.1. The summed E-state index contributed by atoms with van der Waals surface area (Å²) in [6.07, 6.45) is 4.70. The second-order valence-electron chi connectivity index (χ2n) is 6.97. The van der Waals surface area contributed by atoms with Crippen molar-refractivity contribution in [2.45, 2.75) is 6.42 Å². The molecule has 0 amide bonds. The topological polar surface area (TPSA) is 69.4 Å². The van der Waals surface area contributed by atoms with Gasteiger partial charge in [-0.3, -0.25) is 0 Å². The number of thiazole rings is 1. The molecule has 0 bridgehead atoms. The van der Waals surface area contributed by atoms with E-state index in [1.807, 2.05) is 66.7 Å². The first-order chi connectivity index (χ1) is 16.2. The van der Waals surface area contributed by atoms with Gasteiger partial charge in [0.1, 0.15) is 5.69 Å². The van der Waals surface area contributed by atoms with Crippen molar-refractivity contribution in [2.75, 3.05) is 0 Å². The van der Waals surface area contributed by atoms with E-state index in [1.165, 1.54) is 10.3 Å². The van der Waals surface area contributed by atoms with Crippen molar-refractivity contribution in [3.05, 3.63) is 107 Å². The van der Waals surface area contributed by atoms with Gasteiger partial charge in [0.05, 0.1) is 21.4 Å². The van der Waals surface area contributed by atoms with Gasteiger partial charge in [0.2, 0.25) is 0 Å². The van der Waals surface area contributed by atoms with Crippen LogP contribution in [0.4, 0.5) is 0 Å². The van der Waals surface area contributed by atoms with Gasteiger partial charge >= 0.3 is 0 Å². The van der Waals surface area contributed by atoms with Gasteiger partial charge in [-0.25, -0.2) is 0 Å². The number of thiocarbonyl (C=S) groups is 1. The number of fused-ring (bicyclic) bond motifs is 1. The quantitative estimate of drug-likeness (QED) is 0.240. The van der Waals surface area contributed by atoms with Gasteiger partial charge in [0.25, 0.3) is 0 Å². The molecule has 0 atom stereocenters. The van der Waals surface area contributed by atoms with E-state index in [0.717, 1.165) is 37.8 Å². The summed E-state index contributed by atoms with van der Waals surface area (Å²) in [5, 5.41) is 13.4. The van der Waals surface area contributed by atoms with Crippen LogP contribution >= 0.6 is 35.8 Å². The van der Waals surface area contributed by atoms with Crippen LogP contribution in [0.3, 0.4) is 0 Å². The summed E-state index contributed by atoms with van der Waals surface area (Å²) < 4.78 is 2.08. The maximum Gasteiger partial charge on any atom is 0.159 e. The third kappa shape index (κ3) is 6.52. The highest BCUT2D eigenvalue weighted by Crippen LogP contribution is 2.18. The lowest BCUT2D eigenvalue weighted by Crippen LogP contribution is -2.11. The second-order valence-corrected chi connectivity index (χ2v) is 9.18. The third-order valence-corrected chi connectivity index (χ3v) is 6.15. The zero-order valence-corrected chi connectivity index (χ0v) is 20.0. The maximum atomic E-state index is 5.03. The molecule has 1 aliphatic heterocycles. The summed E-state index contributed by atoms with van der Waals surface area (Å²) in [6, 6.07) is 28.2. The Hall–Kier alpha value is -3.46. The first kappa shape index (κ1) is 22.7. The standard InChI is InChI=1S/C10H9NS.C8H7N3.C7H5NS2/c12-10-7-6-9(11-10)8-4-2-1-3-5-8;1-2-4-7(5-3-1)8-6-9-11-10-8;9-7-8-5-3-1-2-4-6(5)10-7/h1-6H,7H2,(H,11,12);1-6H,(H,9,10,11);1-4H,(H,8,9). The lowest BCUT2D eigenvalue weighted by atomic mass is 10.2. The lowest BCUT2D eigenvalue weighted by Gasteiger charge is -2.02. The highest BCUT2D eigenvalue weighted by Gasteiger charge is 2.08.